The van der Waals surface area contributed by atoms with Crippen molar-refractivity contribution < 1.29 is 18.8 Å². The first kappa shape index (κ1) is 23.4. The van der Waals surface area contributed by atoms with Crippen LogP contribution >= 0.6 is 0 Å². The Labute approximate surface area is 162 Å². The molecule has 5 nitrogen and oxygen atoms in total. The lowest BCUT2D eigenvalue weighted by atomic mass is 9.95. The minimum absolute atomic E-state index is 0.00364. The van der Waals surface area contributed by atoms with Crippen molar-refractivity contribution in [3.63, 3.8) is 0 Å². The Morgan fingerprint density at radius 1 is 1.04 bits per heavy atom. The van der Waals surface area contributed by atoms with E-state index >= 15 is 0 Å². The van der Waals surface area contributed by atoms with Gasteiger partial charge in [-0.3, -0.25) is 9.59 Å². The van der Waals surface area contributed by atoms with Gasteiger partial charge in [0.05, 0.1) is 5.92 Å². The van der Waals surface area contributed by atoms with Crippen LogP contribution in [0.25, 0.3) is 0 Å². The van der Waals surface area contributed by atoms with Crippen molar-refractivity contribution >= 4 is 28.4 Å². The molecular formula is C19H39NO4Si2. The maximum absolute atomic E-state index is 12.9. The summed E-state index contributed by atoms with van der Waals surface area (Å²) in [7, 11) is -3.93. The molecule has 0 saturated carbocycles. The van der Waals surface area contributed by atoms with E-state index in [2.05, 4.69) is 67.7 Å². The molecule has 0 aromatic carbocycles. The van der Waals surface area contributed by atoms with E-state index in [4.69, 9.17) is 9.16 Å². The largest absolute Gasteiger partial charge is 0.442 e. The Morgan fingerprint density at radius 3 is 1.92 bits per heavy atom. The molecule has 1 aliphatic rings. The van der Waals surface area contributed by atoms with Crippen molar-refractivity contribution in [1.82, 2.24) is 4.57 Å². The summed E-state index contributed by atoms with van der Waals surface area (Å²) >= 11 is 0. The van der Waals surface area contributed by atoms with Gasteiger partial charge in [-0.1, -0.05) is 54.6 Å². The summed E-state index contributed by atoms with van der Waals surface area (Å²) in [6.07, 6.45) is 0.165. The van der Waals surface area contributed by atoms with Crippen LogP contribution in [0, 0.1) is 5.92 Å². The third-order valence-electron chi connectivity index (χ3n) is 6.58. The third kappa shape index (κ3) is 4.59. The van der Waals surface area contributed by atoms with Gasteiger partial charge in [0.2, 0.25) is 5.91 Å². The second-order valence-electron chi connectivity index (χ2n) is 10.5. The topological polar surface area (TPSA) is 55.8 Å². The van der Waals surface area contributed by atoms with Gasteiger partial charge in [0, 0.05) is 13.5 Å². The molecule has 7 heteroatoms. The number of hydrogen-bond donors (Lipinski definition) is 0. The highest BCUT2D eigenvalue weighted by molar-refractivity contribution is 6.80. The molecule has 0 aromatic heterocycles. The normalized spacial score (nSPS) is 22.3. The fourth-order valence-electron chi connectivity index (χ4n) is 2.71. The highest BCUT2D eigenvalue weighted by Crippen LogP contribution is 2.46. The number of esters is 1. The second kappa shape index (κ2) is 7.39. The van der Waals surface area contributed by atoms with Gasteiger partial charge in [-0.15, -0.1) is 0 Å². The van der Waals surface area contributed by atoms with E-state index in [0.29, 0.717) is 13.0 Å². The molecule has 1 heterocycles. The predicted molar refractivity (Wildman–Crippen MR) is 111 cm³/mol. The Morgan fingerprint density at radius 2 is 1.54 bits per heavy atom. The van der Waals surface area contributed by atoms with Crippen LogP contribution in [-0.2, 0) is 18.8 Å². The van der Waals surface area contributed by atoms with E-state index in [1.54, 1.807) is 0 Å². The number of hydrogen-bond acceptors (Lipinski definition) is 4. The maximum Gasteiger partial charge on any atom is 0.304 e. The lowest BCUT2D eigenvalue weighted by Crippen LogP contribution is -2.73. The molecule has 1 amide bonds. The smallest absolute Gasteiger partial charge is 0.304 e. The number of carbonyl (C=O) groups excluding carboxylic acids is 2. The molecule has 0 aromatic rings. The predicted octanol–water partition coefficient (Wildman–Crippen LogP) is 4.75. The number of amides is 1. The Hall–Kier alpha value is -0.666. The molecule has 1 saturated heterocycles. The summed E-state index contributed by atoms with van der Waals surface area (Å²) in [5, 5.41) is 0.142. The van der Waals surface area contributed by atoms with Crippen LogP contribution in [0.2, 0.25) is 36.3 Å². The summed E-state index contributed by atoms with van der Waals surface area (Å²) in [4.78, 5) is 24.5. The van der Waals surface area contributed by atoms with Gasteiger partial charge in [-0.25, -0.2) is 0 Å². The first-order chi connectivity index (χ1) is 11.4. The molecule has 0 spiro atoms. The zero-order chi connectivity index (χ0) is 20.7. The Kier molecular flexibility index (Phi) is 6.65. The quantitative estimate of drug-likeness (QED) is 0.366. The number of nitrogens with zero attached hydrogens (tertiary/aromatic N) is 1. The van der Waals surface area contributed by atoms with Gasteiger partial charge < -0.3 is 13.7 Å². The molecule has 0 radical (unpaired) electrons. The molecule has 1 fully saturated rings. The van der Waals surface area contributed by atoms with Crippen molar-refractivity contribution in [1.29, 1.82) is 0 Å². The van der Waals surface area contributed by atoms with Crippen molar-refractivity contribution in [2.45, 2.75) is 97.4 Å². The van der Waals surface area contributed by atoms with Crippen molar-refractivity contribution in [2.75, 3.05) is 6.61 Å². The summed E-state index contributed by atoms with van der Waals surface area (Å²) in [6.45, 7) is 23.8. The molecule has 152 valence electrons. The van der Waals surface area contributed by atoms with Gasteiger partial charge in [-0.2, -0.15) is 0 Å². The zero-order valence-electron chi connectivity index (χ0n) is 18.6. The van der Waals surface area contributed by atoms with Crippen LogP contribution in [0.1, 0.15) is 54.9 Å². The first-order valence-corrected chi connectivity index (χ1v) is 15.4. The van der Waals surface area contributed by atoms with E-state index in [1.165, 1.54) is 6.92 Å². The molecule has 26 heavy (non-hydrogen) atoms. The lowest BCUT2D eigenvalue weighted by molar-refractivity contribution is -0.186. The average Bonchev–Trinajstić information content (AvgIpc) is 2.39. The first-order valence-electron chi connectivity index (χ1n) is 9.58. The van der Waals surface area contributed by atoms with Crippen molar-refractivity contribution in [3.8, 4) is 0 Å². The molecule has 2 atom stereocenters. The fourth-order valence-corrected chi connectivity index (χ4v) is 6.08. The standard InChI is InChI=1S/C19H39NO4Si2/c1-14(21)24-17-15(12-13-23-26(10,11)19(5,6)7)16(22)20(17)25(8,9)18(2,3)4/h15,17H,12-13H2,1-11H3/t15-,17-/m1/s1. The zero-order valence-corrected chi connectivity index (χ0v) is 20.6. The summed E-state index contributed by atoms with van der Waals surface area (Å²) < 4.78 is 13.7. The Balaban J connectivity index is 2.87. The molecule has 1 rings (SSSR count). The van der Waals surface area contributed by atoms with Gasteiger partial charge >= 0.3 is 5.97 Å². The summed E-state index contributed by atoms with van der Waals surface area (Å²) in [5.41, 5.74) is 0. The number of rotatable bonds is 6. The minimum atomic E-state index is -2.09. The third-order valence-corrected chi connectivity index (χ3v) is 16.5. The van der Waals surface area contributed by atoms with Gasteiger partial charge in [0.1, 0.15) is 0 Å². The van der Waals surface area contributed by atoms with Crippen molar-refractivity contribution in [3.05, 3.63) is 0 Å². The highest BCUT2D eigenvalue weighted by Gasteiger charge is 2.58. The molecule has 0 bridgehead atoms. The summed E-state index contributed by atoms with van der Waals surface area (Å²) in [6, 6.07) is 0. The van der Waals surface area contributed by atoms with Crippen LogP contribution in [0.15, 0.2) is 0 Å². The molecule has 0 aliphatic carbocycles. The molecule has 1 aliphatic heterocycles. The lowest BCUT2D eigenvalue weighted by Gasteiger charge is -2.57. The van der Waals surface area contributed by atoms with Gasteiger partial charge in [0.15, 0.2) is 22.8 Å². The van der Waals surface area contributed by atoms with Crippen LogP contribution in [-0.4, -0.2) is 45.8 Å². The van der Waals surface area contributed by atoms with Crippen molar-refractivity contribution in [2.24, 2.45) is 5.92 Å². The van der Waals surface area contributed by atoms with Crippen LogP contribution in [0.5, 0.6) is 0 Å². The van der Waals surface area contributed by atoms with E-state index in [0.717, 1.165) is 0 Å². The van der Waals surface area contributed by atoms with Gasteiger partial charge in [0.25, 0.3) is 0 Å². The number of ether oxygens (including phenoxy) is 1. The van der Waals surface area contributed by atoms with Gasteiger partial charge in [-0.05, 0) is 29.6 Å². The summed E-state index contributed by atoms with van der Waals surface area (Å²) in [5.74, 6) is -0.499. The highest BCUT2D eigenvalue weighted by atomic mass is 28.4. The monoisotopic (exact) mass is 401 g/mol. The van der Waals surface area contributed by atoms with E-state index in [-0.39, 0.29) is 27.9 Å². The fraction of sp³-hybridized carbons (Fsp3) is 0.895. The van der Waals surface area contributed by atoms with Crippen LogP contribution in [0.3, 0.4) is 0 Å². The van der Waals surface area contributed by atoms with E-state index in [9.17, 15) is 9.59 Å². The number of carbonyl (C=O) groups is 2. The van der Waals surface area contributed by atoms with E-state index in [1.807, 2.05) is 4.57 Å². The van der Waals surface area contributed by atoms with Crippen LogP contribution in [0.4, 0.5) is 0 Å². The molecule has 0 unspecified atom stereocenters. The average molecular weight is 402 g/mol. The van der Waals surface area contributed by atoms with E-state index < -0.39 is 22.8 Å². The molecule has 0 N–H and O–H groups in total. The minimum Gasteiger partial charge on any atom is -0.442 e. The van der Waals surface area contributed by atoms with Crippen LogP contribution < -0.4 is 0 Å². The SMILES string of the molecule is CC(=O)O[C@@H]1[C@H](CCO[Si](C)(C)C(C)(C)C)C(=O)N1[Si](C)(C)C(C)(C)C. The Bertz CT molecular complexity index is 547. The molecular weight excluding hydrogens is 362 g/mol. The number of β-lactam (4-membered cyclic amide) rings is 1. The maximum atomic E-state index is 12.9. The second-order valence-corrected chi connectivity index (χ2v) is 20.4.